The number of likely N-dealkylation sites (tertiary alicyclic amines) is 1. The van der Waals surface area contributed by atoms with Crippen LogP contribution < -0.4 is 10.7 Å². The van der Waals surface area contributed by atoms with Crippen molar-refractivity contribution in [1.82, 2.24) is 10.2 Å². The number of hydrogen-bond acceptors (Lipinski definition) is 6. The summed E-state index contributed by atoms with van der Waals surface area (Å²) in [4.78, 5) is 27.1. The van der Waals surface area contributed by atoms with Crippen LogP contribution in [0.5, 0.6) is 11.5 Å². The summed E-state index contributed by atoms with van der Waals surface area (Å²) in [5.74, 6) is -0.845. The van der Waals surface area contributed by atoms with E-state index in [0.717, 1.165) is 57.1 Å². The molecule has 1 aromatic heterocycles. The van der Waals surface area contributed by atoms with E-state index in [2.05, 4.69) is 34.5 Å². The molecule has 4 rings (SSSR count). The molecule has 0 bridgehead atoms. The second kappa shape index (κ2) is 9.22. The molecule has 1 aliphatic rings. The third-order valence-corrected chi connectivity index (χ3v) is 5.84. The van der Waals surface area contributed by atoms with Crippen molar-refractivity contribution in [2.45, 2.75) is 25.8 Å². The molecular formula is C24H26N2O5. The highest BCUT2D eigenvalue weighted by atomic mass is 16.3. The van der Waals surface area contributed by atoms with Gasteiger partial charge in [-0.15, -0.1) is 0 Å². The highest BCUT2D eigenvalue weighted by Crippen LogP contribution is 2.29. The Morgan fingerprint density at radius 1 is 1.06 bits per heavy atom. The molecule has 3 aromatic rings. The first kappa shape index (κ1) is 20.9. The van der Waals surface area contributed by atoms with Gasteiger partial charge in [0, 0.05) is 25.2 Å². The van der Waals surface area contributed by atoms with Crippen LogP contribution in [0.4, 0.5) is 0 Å². The molecule has 162 valence electrons. The van der Waals surface area contributed by atoms with Crippen molar-refractivity contribution in [3.05, 3.63) is 70.1 Å². The Balaban J connectivity index is 1.27. The zero-order valence-electron chi connectivity index (χ0n) is 17.2. The summed E-state index contributed by atoms with van der Waals surface area (Å²) in [6, 6.07) is 13.8. The van der Waals surface area contributed by atoms with Crippen molar-refractivity contribution < 1.29 is 19.4 Å². The number of amides is 1. The largest absolute Gasteiger partial charge is 0.504 e. The lowest BCUT2D eigenvalue weighted by Crippen LogP contribution is -2.35. The van der Waals surface area contributed by atoms with E-state index in [1.807, 2.05) is 6.07 Å². The quantitative estimate of drug-likeness (QED) is 0.527. The Morgan fingerprint density at radius 3 is 2.52 bits per heavy atom. The number of nitrogens with one attached hydrogen (secondary N) is 1. The van der Waals surface area contributed by atoms with Gasteiger partial charge in [-0.1, -0.05) is 30.3 Å². The number of phenolic OH excluding ortho intramolecular Hbond substituents is 2. The lowest BCUT2D eigenvalue weighted by atomic mass is 9.93. The SMILES string of the molecule is O=C(NCCC1CCN(Cc2ccccc2)CC1)c1cc(=O)c2cc(O)c(O)cc2o1. The van der Waals surface area contributed by atoms with Crippen LogP contribution in [0, 0.1) is 5.92 Å². The number of fused-ring (bicyclic) bond motifs is 1. The molecule has 31 heavy (non-hydrogen) atoms. The minimum Gasteiger partial charge on any atom is -0.504 e. The molecule has 1 saturated heterocycles. The first-order chi connectivity index (χ1) is 15.0. The highest BCUT2D eigenvalue weighted by molar-refractivity contribution is 5.93. The van der Waals surface area contributed by atoms with Gasteiger partial charge in [-0.3, -0.25) is 14.5 Å². The van der Waals surface area contributed by atoms with Crippen molar-refractivity contribution in [1.29, 1.82) is 0 Å². The molecule has 0 saturated carbocycles. The lowest BCUT2D eigenvalue weighted by Gasteiger charge is -2.32. The normalized spacial score (nSPS) is 15.2. The Labute approximate surface area is 179 Å². The molecule has 3 N–H and O–H groups in total. The number of carbonyl (C=O) groups is 1. The van der Waals surface area contributed by atoms with Gasteiger partial charge >= 0.3 is 0 Å². The van der Waals surface area contributed by atoms with Gasteiger partial charge in [0.1, 0.15) is 5.58 Å². The Kier molecular flexibility index (Phi) is 6.23. The zero-order valence-corrected chi connectivity index (χ0v) is 17.2. The summed E-state index contributed by atoms with van der Waals surface area (Å²) in [7, 11) is 0. The van der Waals surface area contributed by atoms with Gasteiger partial charge in [0.15, 0.2) is 22.7 Å². The third kappa shape index (κ3) is 5.06. The maximum absolute atomic E-state index is 12.4. The molecular weight excluding hydrogens is 396 g/mol. The van der Waals surface area contributed by atoms with E-state index in [1.165, 1.54) is 5.56 Å². The van der Waals surface area contributed by atoms with Gasteiger partial charge in [0.2, 0.25) is 0 Å². The van der Waals surface area contributed by atoms with E-state index in [-0.39, 0.29) is 16.7 Å². The second-order valence-corrected chi connectivity index (χ2v) is 8.06. The molecule has 1 fully saturated rings. The van der Waals surface area contributed by atoms with E-state index in [9.17, 15) is 19.8 Å². The average Bonchev–Trinajstić information content (AvgIpc) is 2.77. The number of piperidine rings is 1. The van der Waals surface area contributed by atoms with Crippen molar-refractivity contribution in [2.24, 2.45) is 5.92 Å². The van der Waals surface area contributed by atoms with Gasteiger partial charge in [-0.05, 0) is 49.9 Å². The monoisotopic (exact) mass is 422 g/mol. The maximum atomic E-state index is 12.4. The van der Waals surface area contributed by atoms with Crippen LogP contribution in [0.3, 0.4) is 0 Å². The van der Waals surface area contributed by atoms with E-state index in [4.69, 9.17) is 4.42 Å². The number of hydrogen-bond donors (Lipinski definition) is 3. The first-order valence-corrected chi connectivity index (χ1v) is 10.5. The molecule has 0 spiro atoms. The predicted octanol–water partition coefficient (Wildman–Crippen LogP) is 3.24. The smallest absolute Gasteiger partial charge is 0.287 e. The summed E-state index contributed by atoms with van der Waals surface area (Å²) >= 11 is 0. The Morgan fingerprint density at radius 2 is 1.77 bits per heavy atom. The summed E-state index contributed by atoms with van der Waals surface area (Å²) in [6.45, 7) is 3.57. The van der Waals surface area contributed by atoms with Crippen LogP contribution in [0.15, 0.2) is 57.7 Å². The number of rotatable bonds is 6. The first-order valence-electron chi connectivity index (χ1n) is 10.5. The zero-order chi connectivity index (χ0) is 21.8. The van der Waals surface area contributed by atoms with Gasteiger partial charge in [-0.2, -0.15) is 0 Å². The number of benzene rings is 2. The third-order valence-electron chi connectivity index (χ3n) is 5.84. The predicted molar refractivity (Wildman–Crippen MR) is 117 cm³/mol. The van der Waals surface area contributed by atoms with E-state index < -0.39 is 22.8 Å². The summed E-state index contributed by atoms with van der Waals surface area (Å²) in [6.07, 6.45) is 3.06. The van der Waals surface area contributed by atoms with Gasteiger partial charge in [0.05, 0.1) is 5.39 Å². The van der Waals surface area contributed by atoms with E-state index >= 15 is 0 Å². The van der Waals surface area contributed by atoms with Crippen molar-refractivity contribution in [2.75, 3.05) is 19.6 Å². The van der Waals surface area contributed by atoms with Crippen LogP contribution in [0.2, 0.25) is 0 Å². The molecule has 7 nitrogen and oxygen atoms in total. The molecule has 2 heterocycles. The fourth-order valence-electron chi connectivity index (χ4n) is 4.04. The molecule has 0 atom stereocenters. The van der Waals surface area contributed by atoms with Gasteiger partial charge < -0.3 is 19.9 Å². The fourth-order valence-corrected chi connectivity index (χ4v) is 4.04. The highest BCUT2D eigenvalue weighted by Gasteiger charge is 2.20. The standard InChI is InChI=1S/C24H26N2O5/c27-19-13-23(31-22-14-21(29)20(28)12-18(19)22)24(30)25-9-6-16-7-10-26(11-8-16)15-17-4-2-1-3-5-17/h1-5,12-14,16,28-29H,6-11,15H2,(H,25,30). The van der Waals surface area contributed by atoms with Crippen LogP contribution in [-0.2, 0) is 6.54 Å². The number of carbonyl (C=O) groups excluding carboxylic acids is 1. The molecule has 2 aromatic carbocycles. The van der Waals surface area contributed by atoms with Crippen LogP contribution >= 0.6 is 0 Å². The fraction of sp³-hybridized carbons (Fsp3) is 0.333. The summed E-state index contributed by atoms with van der Waals surface area (Å²) < 4.78 is 5.46. The van der Waals surface area contributed by atoms with Gasteiger partial charge in [0.25, 0.3) is 5.91 Å². The number of nitrogens with zero attached hydrogens (tertiary/aromatic N) is 1. The number of phenols is 2. The minimum atomic E-state index is -0.465. The lowest BCUT2D eigenvalue weighted by molar-refractivity contribution is 0.0920. The molecule has 1 aliphatic heterocycles. The van der Waals surface area contributed by atoms with Crippen LogP contribution in [0.1, 0.15) is 35.4 Å². The minimum absolute atomic E-state index is 0.0544. The van der Waals surface area contributed by atoms with Crippen molar-refractivity contribution >= 4 is 16.9 Å². The molecule has 1 amide bonds. The summed E-state index contributed by atoms with van der Waals surface area (Å²) in [5, 5.41) is 22.1. The Hall–Kier alpha value is -3.32. The van der Waals surface area contributed by atoms with Crippen LogP contribution in [0.25, 0.3) is 11.0 Å². The van der Waals surface area contributed by atoms with Crippen molar-refractivity contribution in [3.8, 4) is 11.5 Å². The van der Waals surface area contributed by atoms with Gasteiger partial charge in [-0.25, -0.2) is 0 Å². The molecule has 7 heteroatoms. The van der Waals surface area contributed by atoms with Crippen LogP contribution in [-0.4, -0.2) is 40.7 Å². The number of aromatic hydroxyl groups is 2. The second-order valence-electron chi connectivity index (χ2n) is 8.06. The molecule has 0 unspecified atom stereocenters. The van der Waals surface area contributed by atoms with Crippen molar-refractivity contribution in [3.63, 3.8) is 0 Å². The Bertz CT molecular complexity index is 1120. The summed E-state index contributed by atoms with van der Waals surface area (Å²) in [5.41, 5.74) is 0.930. The maximum Gasteiger partial charge on any atom is 0.287 e. The molecule has 0 radical (unpaired) electrons. The average molecular weight is 422 g/mol. The van der Waals surface area contributed by atoms with E-state index in [0.29, 0.717) is 12.5 Å². The molecule has 0 aliphatic carbocycles. The van der Waals surface area contributed by atoms with E-state index in [1.54, 1.807) is 0 Å². The topological polar surface area (TPSA) is 103 Å².